The number of rotatable bonds is 5. The normalized spacial score (nSPS) is 19.0. The molecule has 1 atom stereocenters. The quantitative estimate of drug-likeness (QED) is 0.567. The molecule has 0 bridgehead atoms. The number of amides is 2. The maximum atomic E-state index is 14.4. The topological polar surface area (TPSA) is 97.2 Å². The fraction of sp³-hybridized carbons (Fsp3) is 0.273. The van der Waals surface area contributed by atoms with Gasteiger partial charge in [-0.25, -0.2) is 18.0 Å². The van der Waals surface area contributed by atoms with Gasteiger partial charge in [0.2, 0.25) is 5.91 Å². The lowest BCUT2D eigenvalue weighted by Gasteiger charge is -2.35. The zero-order valence-corrected chi connectivity index (χ0v) is 16.5. The standard InChI is InChI=1S/C22H20F3N3O3/c1-10(21(26)29)27-22(30)31-15-6-12(7-15)18-16-8-14(24)9-17(25)20(16)28-19(18)11-2-4-13(23)5-3-11/h2-5,8-10,12,15,28H,6-7H2,1H3,(H2,26,29)(H,27,30)/t10-,12-,15-/m0/s1. The number of benzene rings is 2. The second kappa shape index (κ2) is 7.98. The molecule has 31 heavy (non-hydrogen) atoms. The van der Waals surface area contributed by atoms with Gasteiger partial charge in [0.25, 0.3) is 0 Å². The smallest absolute Gasteiger partial charge is 0.408 e. The maximum absolute atomic E-state index is 14.4. The van der Waals surface area contributed by atoms with Gasteiger partial charge in [-0.2, -0.15) is 0 Å². The molecular weight excluding hydrogens is 411 g/mol. The first-order valence-electron chi connectivity index (χ1n) is 9.76. The van der Waals surface area contributed by atoms with E-state index in [0.717, 1.165) is 6.07 Å². The van der Waals surface area contributed by atoms with Gasteiger partial charge in [0.1, 0.15) is 29.6 Å². The van der Waals surface area contributed by atoms with E-state index in [1.807, 2.05) is 0 Å². The molecule has 9 heteroatoms. The monoisotopic (exact) mass is 431 g/mol. The van der Waals surface area contributed by atoms with Crippen LogP contribution in [0.1, 0.15) is 31.2 Å². The van der Waals surface area contributed by atoms with Crippen LogP contribution in [0.3, 0.4) is 0 Å². The van der Waals surface area contributed by atoms with Crippen LogP contribution in [0.5, 0.6) is 0 Å². The van der Waals surface area contributed by atoms with Crippen molar-refractivity contribution in [1.82, 2.24) is 10.3 Å². The Kier molecular flexibility index (Phi) is 5.34. The number of nitrogens with two attached hydrogens (primary N) is 1. The predicted octanol–water partition coefficient (Wildman–Crippen LogP) is 4.10. The summed E-state index contributed by atoms with van der Waals surface area (Å²) in [5, 5.41) is 2.73. The zero-order valence-electron chi connectivity index (χ0n) is 16.5. The molecule has 0 spiro atoms. The zero-order chi connectivity index (χ0) is 22.3. The SMILES string of the molecule is C[C@H](NC(=O)O[C@H]1C[C@H](c2c(-c3ccc(F)cc3)[nH]c3c(F)cc(F)cc32)C1)C(N)=O. The number of carbonyl (C=O) groups excluding carboxylic acids is 2. The Morgan fingerprint density at radius 1 is 1.13 bits per heavy atom. The molecular formula is C22H20F3N3O3. The van der Waals surface area contributed by atoms with Crippen molar-refractivity contribution in [1.29, 1.82) is 0 Å². The number of hydrogen-bond acceptors (Lipinski definition) is 3. The Balaban J connectivity index is 1.60. The highest BCUT2D eigenvalue weighted by molar-refractivity contribution is 5.92. The van der Waals surface area contributed by atoms with E-state index in [0.29, 0.717) is 35.0 Å². The van der Waals surface area contributed by atoms with E-state index in [1.165, 1.54) is 25.1 Å². The molecule has 6 nitrogen and oxygen atoms in total. The number of halogens is 3. The Morgan fingerprint density at radius 2 is 1.81 bits per heavy atom. The average molecular weight is 431 g/mol. The number of aromatic amines is 1. The first-order valence-corrected chi connectivity index (χ1v) is 9.76. The van der Waals surface area contributed by atoms with E-state index in [-0.39, 0.29) is 11.4 Å². The summed E-state index contributed by atoms with van der Waals surface area (Å²) in [7, 11) is 0. The fourth-order valence-corrected chi connectivity index (χ4v) is 3.84. The summed E-state index contributed by atoms with van der Waals surface area (Å²) in [5.74, 6) is -2.66. The molecule has 1 fully saturated rings. The van der Waals surface area contributed by atoms with Crippen LogP contribution in [-0.2, 0) is 9.53 Å². The number of ether oxygens (including phenoxy) is 1. The minimum atomic E-state index is -0.868. The van der Waals surface area contributed by atoms with Crippen molar-refractivity contribution in [2.45, 2.75) is 37.8 Å². The maximum Gasteiger partial charge on any atom is 0.408 e. The number of H-pyrrole nitrogens is 1. The summed E-state index contributed by atoms with van der Waals surface area (Å²) in [6, 6.07) is 6.89. The predicted molar refractivity (Wildman–Crippen MR) is 108 cm³/mol. The average Bonchev–Trinajstić information content (AvgIpc) is 3.04. The van der Waals surface area contributed by atoms with E-state index >= 15 is 0 Å². The highest BCUT2D eigenvalue weighted by atomic mass is 19.1. The number of aromatic nitrogens is 1. The molecule has 0 unspecified atom stereocenters. The number of hydrogen-bond donors (Lipinski definition) is 3. The third-order valence-electron chi connectivity index (χ3n) is 5.54. The van der Waals surface area contributed by atoms with Crippen LogP contribution >= 0.6 is 0 Å². The van der Waals surface area contributed by atoms with E-state index in [9.17, 15) is 22.8 Å². The summed E-state index contributed by atoms with van der Waals surface area (Å²) < 4.78 is 47.0. The number of alkyl carbamates (subject to hydrolysis) is 1. The first kappa shape index (κ1) is 20.8. The van der Waals surface area contributed by atoms with Gasteiger partial charge in [-0.15, -0.1) is 0 Å². The van der Waals surface area contributed by atoms with Gasteiger partial charge >= 0.3 is 6.09 Å². The van der Waals surface area contributed by atoms with Crippen molar-refractivity contribution >= 4 is 22.9 Å². The molecule has 3 aromatic rings. The van der Waals surface area contributed by atoms with Gasteiger partial charge in [-0.1, -0.05) is 0 Å². The van der Waals surface area contributed by atoms with Gasteiger partial charge in [-0.3, -0.25) is 4.79 Å². The molecule has 2 aromatic carbocycles. The second-order valence-electron chi connectivity index (χ2n) is 7.69. The molecule has 4 rings (SSSR count). The fourth-order valence-electron chi connectivity index (χ4n) is 3.84. The van der Waals surface area contributed by atoms with Crippen molar-refractivity contribution in [3.8, 4) is 11.3 Å². The van der Waals surface area contributed by atoms with E-state index in [4.69, 9.17) is 10.5 Å². The second-order valence-corrected chi connectivity index (χ2v) is 7.69. The minimum absolute atomic E-state index is 0.138. The molecule has 1 aliphatic rings. The van der Waals surface area contributed by atoms with Crippen LogP contribution < -0.4 is 11.1 Å². The van der Waals surface area contributed by atoms with Crippen LogP contribution in [0.25, 0.3) is 22.2 Å². The van der Waals surface area contributed by atoms with Crippen LogP contribution in [-0.4, -0.2) is 29.1 Å². The number of carbonyl (C=O) groups is 2. The van der Waals surface area contributed by atoms with Gasteiger partial charge in [0, 0.05) is 11.5 Å². The van der Waals surface area contributed by atoms with Gasteiger partial charge in [0.05, 0.1) is 11.2 Å². The van der Waals surface area contributed by atoms with Gasteiger partial charge in [-0.05, 0) is 67.1 Å². The molecule has 1 aromatic heterocycles. The Labute approximate surface area is 175 Å². The molecule has 0 radical (unpaired) electrons. The Hall–Kier alpha value is -3.49. The highest BCUT2D eigenvalue weighted by Gasteiger charge is 2.37. The number of primary amides is 1. The lowest BCUT2D eigenvalue weighted by atomic mass is 9.75. The van der Waals surface area contributed by atoms with Gasteiger partial charge in [0.15, 0.2) is 0 Å². The van der Waals surface area contributed by atoms with Crippen molar-refractivity contribution < 1.29 is 27.5 Å². The molecule has 0 aliphatic heterocycles. The summed E-state index contributed by atoms with van der Waals surface area (Å²) in [6.07, 6.45) is -0.325. The largest absolute Gasteiger partial charge is 0.446 e. The molecule has 1 heterocycles. The Morgan fingerprint density at radius 3 is 2.45 bits per heavy atom. The molecule has 2 amide bonds. The lowest BCUT2D eigenvalue weighted by Crippen LogP contribution is -2.44. The van der Waals surface area contributed by atoms with Crippen molar-refractivity contribution in [3.05, 3.63) is 59.4 Å². The molecule has 0 saturated heterocycles. The highest BCUT2D eigenvalue weighted by Crippen LogP contribution is 2.46. The van der Waals surface area contributed by atoms with Crippen LogP contribution in [0.15, 0.2) is 36.4 Å². The third kappa shape index (κ3) is 4.08. The lowest BCUT2D eigenvalue weighted by molar-refractivity contribution is -0.119. The molecule has 1 aliphatic carbocycles. The first-order chi connectivity index (χ1) is 14.7. The Bertz CT molecular complexity index is 1150. The van der Waals surface area contributed by atoms with Crippen LogP contribution in [0, 0.1) is 17.5 Å². The molecule has 1 saturated carbocycles. The number of nitrogens with one attached hydrogen (secondary N) is 2. The van der Waals surface area contributed by atoms with Crippen molar-refractivity contribution in [2.24, 2.45) is 5.73 Å². The van der Waals surface area contributed by atoms with E-state index in [1.54, 1.807) is 12.1 Å². The van der Waals surface area contributed by atoms with Gasteiger partial charge < -0.3 is 20.8 Å². The molecule has 4 N–H and O–H groups in total. The van der Waals surface area contributed by atoms with Crippen molar-refractivity contribution in [2.75, 3.05) is 0 Å². The number of fused-ring (bicyclic) bond motifs is 1. The minimum Gasteiger partial charge on any atom is -0.446 e. The summed E-state index contributed by atoms with van der Waals surface area (Å²) in [4.78, 5) is 25.9. The summed E-state index contributed by atoms with van der Waals surface area (Å²) in [5.41, 5.74) is 7.15. The van der Waals surface area contributed by atoms with E-state index in [2.05, 4.69) is 10.3 Å². The van der Waals surface area contributed by atoms with E-state index < -0.39 is 41.6 Å². The summed E-state index contributed by atoms with van der Waals surface area (Å²) >= 11 is 0. The van der Waals surface area contributed by atoms with Crippen LogP contribution in [0.4, 0.5) is 18.0 Å². The molecule has 162 valence electrons. The summed E-state index contributed by atoms with van der Waals surface area (Å²) in [6.45, 7) is 1.44. The third-order valence-corrected chi connectivity index (χ3v) is 5.54. The van der Waals surface area contributed by atoms with Crippen molar-refractivity contribution in [3.63, 3.8) is 0 Å². The van der Waals surface area contributed by atoms with Crippen LogP contribution in [0.2, 0.25) is 0 Å².